The zero-order chi connectivity index (χ0) is 20.4. The lowest BCUT2D eigenvalue weighted by Crippen LogP contribution is -2.29. The van der Waals surface area contributed by atoms with Gasteiger partial charge in [-0.3, -0.25) is 19.7 Å². The molecule has 2 aromatic carbocycles. The summed E-state index contributed by atoms with van der Waals surface area (Å²) in [5.41, 5.74) is 1.72. The Labute approximate surface area is 161 Å². The highest BCUT2D eigenvalue weighted by molar-refractivity contribution is 6.46. The van der Waals surface area contributed by atoms with Crippen LogP contribution in [-0.4, -0.2) is 33.2 Å². The van der Waals surface area contributed by atoms with Gasteiger partial charge in [0, 0.05) is 24.2 Å². The molecule has 1 aliphatic rings. The number of Topliss-reactive ketones (excluding diaryl/α,β-unsaturated/α-hetero) is 1. The van der Waals surface area contributed by atoms with E-state index in [9.17, 15) is 24.8 Å². The van der Waals surface area contributed by atoms with Crippen LogP contribution in [0.5, 0.6) is 0 Å². The molecule has 1 N–H and O–H groups in total. The number of ketones is 1. The number of nitrogens with zero attached hydrogens (tertiary/aromatic N) is 2. The number of nitro groups is 1. The number of rotatable bonds is 5. The number of amides is 1. The summed E-state index contributed by atoms with van der Waals surface area (Å²) in [6.45, 7) is 5.60. The second-order valence-corrected chi connectivity index (χ2v) is 6.45. The molecular weight excluding hydrogens is 360 g/mol. The van der Waals surface area contributed by atoms with Gasteiger partial charge in [-0.25, -0.2) is 0 Å². The van der Waals surface area contributed by atoms with Crippen LogP contribution in [0.4, 0.5) is 5.69 Å². The number of nitro benzene ring substituents is 1. The smallest absolute Gasteiger partial charge is 0.295 e. The van der Waals surface area contributed by atoms with E-state index in [4.69, 9.17) is 0 Å². The van der Waals surface area contributed by atoms with Gasteiger partial charge >= 0.3 is 0 Å². The molecule has 3 rings (SSSR count). The van der Waals surface area contributed by atoms with Gasteiger partial charge in [-0.15, -0.1) is 6.58 Å². The molecule has 0 bridgehead atoms. The quantitative estimate of drug-likeness (QED) is 0.214. The molecule has 28 heavy (non-hydrogen) atoms. The van der Waals surface area contributed by atoms with E-state index in [1.165, 1.54) is 35.2 Å². The Bertz CT molecular complexity index is 990. The monoisotopic (exact) mass is 378 g/mol. The molecule has 0 unspecified atom stereocenters. The summed E-state index contributed by atoms with van der Waals surface area (Å²) in [6, 6.07) is 11.6. The van der Waals surface area contributed by atoms with Crippen LogP contribution >= 0.6 is 0 Å². The minimum absolute atomic E-state index is 0.0513. The van der Waals surface area contributed by atoms with Crippen LogP contribution in [-0.2, 0) is 9.59 Å². The summed E-state index contributed by atoms with van der Waals surface area (Å²) in [5, 5.41) is 21.7. The second kappa shape index (κ2) is 7.48. The van der Waals surface area contributed by atoms with Crippen molar-refractivity contribution < 1.29 is 19.6 Å². The molecule has 1 fully saturated rings. The molecule has 1 atom stereocenters. The van der Waals surface area contributed by atoms with Gasteiger partial charge < -0.3 is 10.0 Å². The van der Waals surface area contributed by atoms with Crippen LogP contribution in [0.1, 0.15) is 22.7 Å². The van der Waals surface area contributed by atoms with E-state index >= 15 is 0 Å². The summed E-state index contributed by atoms with van der Waals surface area (Å²) < 4.78 is 0. The zero-order valence-corrected chi connectivity index (χ0v) is 15.2. The van der Waals surface area contributed by atoms with Crippen LogP contribution in [0.25, 0.3) is 5.76 Å². The number of hydrogen-bond donors (Lipinski definition) is 1. The summed E-state index contributed by atoms with van der Waals surface area (Å²) >= 11 is 0. The van der Waals surface area contributed by atoms with Gasteiger partial charge in [-0.05, 0) is 24.6 Å². The van der Waals surface area contributed by atoms with Crippen molar-refractivity contribution in [2.24, 2.45) is 0 Å². The molecule has 0 aromatic heterocycles. The van der Waals surface area contributed by atoms with Crippen LogP contribution in [0.3, 0.4) is 0 Å². The minimum Gasteiger partial charge on any atom is -0.507 e. The maximum Gasteiger partial charge on any atom is 0.295 e. The fraction of sp³-hybridized carbons (Fsp3) is 0.143. The van der Waals surface area contributed by atoms with Crippen LogP contribution in [0.15, 0.2) is 66.8 Å². The number of carbonyl (C=O) groups is 2. The SMILES string of the molecule is C=CCN1C(=O)C(=O)C(=C(O)c2ccc(C)cc2)[C@@H]1c1ccc([N+](=O)[O-])cc1. The average Bonchev–Trinajstić information content (AvgIpc) is 2.93. The molecule has 0 saturated carbocycles. The normalized spacial score (nSPS) is 18.3. The van der Waals surface area contributed by atoms with Crippen LogP contribution in [0, 0.1) is 17.0 Å². The van der Waals surface area contributed by atoms with E-state index in [2.05, 4.69) is 6.58 Å². The molecule has 0 aliphatic carbocycles. The third-order valence-electron chi connectivity index (χ3n) is 4.61. The predicted octanol–water partition coefficient (Wildman–Crippen LogP) is 3.51. The highest BCUT2D eigenvalue weighted by Crippen LogP contribution is 2.39. The van der Waals surface area contributed by atoms with Gasteiger partial charge in [0.05, 0.1) is 16.5 Å². The third kappa shape index (κ3) is 3.29. The van der Waals surface area contributed by atoms with Gasteiger partial charge in [-0.2, -0.15) is 0 Å². The number of benzene rings is 2. The van der Waals surface area contributed by atoms with Gasteiger partial charge in [-0.1, -0.05) is 35.9 Å². The number of aryl methyl sites for hydroxylation is 1. The lowest BCUT2D eigenvalue weighted by atomic mass is 9.95. The van der Waals surface area contributed by atoms with Crippen molar-refractivity contribution in [3.63, 3.8) is 0 Å². The first-order valence-corrected chi connectivity index (χ1v) is 8.56. The van der Waals surface area contributed by atoms with Crippen molar-refractivity contribution in [1.29, 1.82) is 0 Å². The van der Waals surface area contributed by atoms with Crippen molar-refractivity contribution in [2.45, 2.75) is 13.0 Å². The van der Waals surface area contributed by atoms with Crippen molar-refractivity contribution in [1.82, 2.24) is 4.90 Å². The molecule has 0 spiro atoms. The van der Waals surface area contributed by atoms with Crippen molar-refractivity contribution in [3.8, 4) is 0 Å². The maximum absolute atomic E-state index is 12.7. The molecular formula is C21H18N2O5. The largest absolute Gasteiger partial charge is 0.507 e. The molecule has 1 aliphatic heterocycles. The Kier molecular flexibility index (Phi) is 5.08. The van der Waals surface area contributed by atoms with E-state index in [0.29, 0.717) is 11.1 Å². The first kappa shape index (κ1) is 19.0. The van der Waals surface area contributed by atoms with E-state index in [0.717, 1.165) is 5.56 Å². The summed E-state index contributed by atoms with van der Waals surface area (Å²) in [6.07, 6.45) is 1.48. The molecule has 142 valence electrons. The Balaban J connectivity index is 2.17. The van der Waals surface area contributed by atoms with E-state index < -0.39 is 22.7 Å². The minimum atomic E-state index is -0.861. The summed E-state index contributed by atoms with van der Waals surface area (Å²) in [5.74, 6) is -1.84. The second-order valence-electron chi connectivity index (χ2n) is 6.45. The zero-order valence-electron chi connectivity index (χ0n) is 15.2. The van der Waals surface area contributed by atoms with E-state index in [1.807, 2.05) is 6.92 Å². The number of non-ortho nitro benzene ring substituents is 1. The number of hydrogen-bond acceptors (Lipinski definition) is 5. The Morgan fingerprint density at radius 2 is 1.79 bits per heavy atom. The standard InChI is InChI=1S/C21H18N2O5/c1-3-12-22-18(14-8-10-16(11-9-14)23(27)28)17(20(25)21(22)26)19(24)15-6-4-13(2)5-7-15/h3-11,18,24H,1,12H2,2H3/t18-/m0/s1. The average molecular weight is 378 g/mol. The fourth-order valence-corrected chi connectivity index (χ4v) is 3.20. The maximum atomic E-state index is 12.7. The molecule has 0 radical (unpaired) electrons. The van der Waals surface area contributed by atoms with Gasteiger partial charge in [0.15, 0.2) is 0 Å². The number of carbonyl (C=O) groups excluding carboxylic acids is 2. The Morgan fingerprint density at radius 1 is 1.18 bits per heavy atom. The first-order chi connectivity index (χ1) is 13.3. The lowest BCUT2D eigenvalue weighted by Gasteiger charge is -2.24. The van der Waals surface area contributed by atoms with E-state index in [-0.39, 0.29) is 23.6 Å². The predicted molar refractivity (Wildman–Crippen MR) is 103 cm³/mol. The van der Waals surface area contributed by atoms with Gasteiger partial charge in [0.25, 0.3) is 17.4 Å². The molecule has 2 aromatic rings. The number of likely N-dealkylation sites (tertiary alicyclic amines) is 1. The molecule has 1 amide bonds. The number of aliphatic hydroxyl groups excluding tert-OH is 1. The van der Waals surface area contributed by atoms with Crippen LogP contribution < -0.4 is 0 Å². The molecule has 7 heteroatoms. The van der Waals surface area contributed by atoms with Crippen molar-refractivity contribution in [2.75, 3.05) is 6.54 Å². The highest BCUT2D eigenvalue weighted by Gasteiger charge is 2.45. The first-order valence-electron chi connectivity index (χ1n) is 8.56. The molecule has 7 nitrogen and oxygen atoms in total. The van der Waals surface area contributed by atoms with Gasteiger partial charge in [0.1, 0.15) is 5.76 Å². The van der Waals surface area contributed by atoms with Gasteiger partial charge in [0.2, 0.25) is 0 Å². The Morgan fingerprint density at radius 3 is 2.32 bits per heavy atom. The number of aliphatic hydroxyl groups is 1. The lowest BCUT2D eigenvalue weighted by molar-refractivity contribution is -0.384. The molecule has 1 saturated heterocycles. The van der Waals surface area contributed by atoms with Crippen molar-refractivity contribution in [3.05, 3.63) is 93.6 Å². The topological polar surface area (TPSA) is 101 Å². The fourth-order valence-electron chi connectivity index (χ4n) is 3.20. The molecule has 1 heterocycles. The van der Waals surface area contributed by atoms with Crippen LogP contribution in [0.2, 0.25) is 0 Å². The third-order valence-corrected chi connectivity index (χ3v) is 4.61. The summed E-state index contributed by atoms with van der Waals surface area (Å²) in [4.78, 5) is 36.9. The highest BCUT2D eigenvalue weighted by atomic mass is 16.6. The van der Waals surface area contributed by atoms with Crippen molar-refractivity contribution >= 4 is 23.1 Å². The van der Waals surface area contributed by atoms with E-state index in [1.54, 1.807) is 24.3 Å². The summed E-state index contributed by atoms with van der Waals surface area (Å²) in [7, 11) is 0. The Hall–Kier alpha value is -3.74.